The van der Waals surface area contributed by atoms with Crippen LogP contribution < -0.4 is 0 Å². The first-order chi connectivity index (χ1) is 12.5. The predicted molar refractivity (Wildman–Crippen MR) is 102 cm³/mol. The van der Waals surface area contributed by atoms with Crippen LogP contribution in [-0.2, 0) is 20.1 Å². The third kappa shape index (κ3) is 4.60. The molecule has 1 aromatic carbocycles. The van der Waals surface area contributed by atoms with Gasteiger partial charge in [-0.05, 0) is 32.6 Å². The fourth-order valence-electron chi connectivity index (χ4n) is 4.00. The Kier molecular flexibility index (Phi) is 7.54. The number of rotatable bonds is 5. The molecule has 26 heavy (non-hydrogen) atoms. The van der Waals surface area contributed by atoms with Crippen LogP contribution in [0.3, 0.4) is 0 Å². The van der Waals surface area contributed by atoms with Crippen LogP contribution in [-0.4, -0.2) is 24.8 Å². The average Bonchev–Trinajstić information content (AvgIpc) is 3.12. The molecule has 4 heteroatoms. The van der Waals surface area contributed by atoms with E-state index in [1.165, 1.54) is 6.42 Å². The molecule has 3 rings (SSSR count). The highest BCUT2D eigenvalue weighted by atomic mass is 16.7. The second-order valence-electron chi connectivity index (χ2n) is 7.07. The molecule has 2 aliphatic rings. The zero-order valence-electron chi connectivity index (χ0n) is 16.5. The average molecular weight is 360 g/mol. The standard InChI is InChI=1S/C20H26O4.C2H6/c1-14(21)18(15-6-4-3-5-7-15)19(22)16-8-10-17(11-9-16)20(2)23-12-13-24-20;1-2/h8-11,15,18H,3-7,12-13H2,1-2H3;1-2H3. The van der Waals surface area contributed by atoms with Crippen LogP contribution in [0.4, 0.5) is 0 Å². The van der Waals surface area contributed by atoms with Crippen molar-refractivity contribution >= 4 is 11.6 Å². The Bertz CT molecular complexity index is 593. The van der Waals surface area contributed by atoms with E-state index in [2.05, 4.69) is 0 Å². The third-order valence-corrected chi connectivity index (χ3v) is 5.37. The van der Waals surface area contributed by atoms with Crippen molar-refractivity contribution in [2.75, 3.05) is 13.2 Å². The molecule has 1 saturated heterocycles. The van der Waals surface area contributed by atoms with Gasteiger partial charge in [-0.2, -0.15) is 0 Å². The maximum absolute atomic E-state index is 12.9. The van der Waals surface area contributed by atoms with Gasteiger partial charge < -0.3 is 9.47 Å². The summed E-state index contributed by atoms with van der Waals surface area (Å²) < 4.78 is 11.3. The van der Waals surface area contributed by atoms with Crippen LogP contribution in [0.1, 0.15) is 75.7 Å². The van der Waals surface area contributed by atoms with Crippen molar-refractivity contribution in [3.05, 3.63) is 35.4 Å². The second kappa shape index (κ2) is 9.43. The van der Waals surface area contributed by atoms with Gasteiger partial charge in [0.2, 0.25) is 0 Å². The Morgan fingerprint density at radius 1 is 1.00 bits per heavy atom. The fourth-order valence-corrected chi connectivity index (χ4v) is 4.00. The third-order valence-electron chi connectivity index (χ3n) is 5.37. The van der Waals surface area contributed by atoms with Gasteiger partial charge in [0.05, 0.1) is 19.1 Å². The van der Waals surface area contributed by atoms with Crippen molar-refractivity contribution in [3.8, 4) is 0 Å². The zero-order chi connectivity index (χ0) is 19.2. The highest BCUT2D eigenvalue weighted by Crippen LogP contribution is 2.34. The minimum atomic E-state index is -0.731. The molecule has 1 aromatic rings. The first kappa shape index (κ1) is 20.8. The van der Waals surface area contributed by atoms with E-state index in [4.69, 9.17) is 9.47 Å². The molecule has 1 unspecified atom stereocenters. The molecule has 4 nitrogen and oxygen atoms in total. The van der Waals surface area contributed by atoms with E-state index in [0.29, 0.717) is 18.8 Å². The zero-order valence-corrected chi connectivity index (χ0v) is 16.5. The van der Waals surface area contributed by atoms with Crippen molar-refractivity contribution in [3.63, 3.8) is 0 Å². The van der Waals surface area contributed by atoms with Crippen molar-refractivity contribution in [2.45, 2.75) is 65.6 Å². The summed E-state index contributed by atoms with van der Waals surface area (Å²) in [5.74, 6) is -1.08. The van der Waals surface area contributed by atoms with Crippen LogP contribution in [0.15, 0.2) is 24.3 Å². The Hall–Kier alpha value is -1.52. The first-order valence-electron chi connectivity index (χ1n) is 9.94. The Morgan fingerprint density at radius 3 is 2.04 bits per heavy atom. The summed E-state index contributed by atoms with van der Waals surface area (Å²) in [6.07, 6.45) is 5.41. The molecule has 2 fully saturated rings. The highest BCUT2D eigenvalue weighted by molar-refractivity contribution is 6.10. The number of ether oxygens (including phenoxy) is 2. The Labute approximate surface area is 157 Å². The lowest BCUT2D eigenvalue weighted by Gasteiger charge is -2.28. The molecule has 1 heterocycles. The molecule has 144 valence electrons. The van der Waals surface area contributed by atoms with Crippen LogP contribution in [0.2, 0.25) is 0 Å². The van der Waals surface area contributed by atoms with E-state index in [-0.39, 0.29) is 17.5 Å². The summed E-state index contributed by atoms with van der Waals surface area (Å²) in [4.78, 5) is 25.0. The number of benzene rings is 1. The summed E-state index contributed by atoms with van der Waals surface area (Å²) >= 11 is 0. The summed E-state index contributed by atoms with van der Waals surface area (Å²) in [7, 11) is 0. The molecule has 0 N–H and O–H groups in total. The van der Waals surface area contributed by atoms with Crippen molar-refractivity contribution in [1.29, 1.82) is 0 Å². The second-order valence-corrected chi connectivity index (χ2v) is 7.07. The number of hydrogen-bond donors (Lipinski definition) is 0. The quantitative estimate of drug-likeness (QED) is 0.553. The maximum atomic E-state index is 12.9. The van der Waals surface area contributed by atoms with E-state index >= 15 is 0 Å². The van der Waals surface area contributed by atoms with Gasteiger partial charge in [-0.15, -0.1) is 0 Å². The van der Waals surface area contributed by atoms with Gasteiger partial charge in [-0.1, -0.05) is 57.4 Å². The molecule has 1 saturated carbocycles. The van der Waals surface area contributed by atoms with E-state index < -0.39 is 11.7 Å². The minimum Gasteiger partial charge on any atom is -0.344 e. The molecule has 0 radical (unpaired) electrons. The molecular weight excluding hydrogens is 328 g/mol. The van der Waals surface area contributed by atoms with Crippen molar-refractivity contribution in [1.82, 2.24) is 0 Å². The van der Waals surface area contributed by atoms with Gasteiger partial charge in [0, 0.05) is 11.1 Å². The summed E-state index contributed by atoms with van der Waals surface area (Å²) in [5, 5.41) is 0. The summed E-state index contributed by atoms with van der Waals surface area (Å²) in [5.41, 5.74) is 1.50. The number of carbonyl (C=O) groups excluding carboxylic acids is 2. The van der Waals surface area contributed by atoms with Gasteiger partial charge in [-0.25, -0.2) is 0 Å². The van der Waals surface area contributed by atoms with Gasteiger partial charge in [0.25, 0.3) is 0 Å². The molecule has 1 aliphatic carbocycles. The van der Waals surface area contributed by atoms with Crippen LogP contribution in [0.25, 0.3) is 0 Å². The molecule has 0 amide bonds. The van der Waals surface area contributed by atoms with Crippen LogP contribution in [0, 0.1) is 11.8 Å². The lowest BCUT2D eigenvalue weighted by Crippen LogP contribution is -2.31. The lowest BCUT2D eigenvalue weighted by molar-refractivity contribution is -0.149. The van der Waals surface area contributed by atoms with E-state index in [0.717, 1.165) is 31.2 Å². The number of hydrogen-bond acceptors (Lipinski definition) is 4. The van der Waals surface area contributed by atoms with E-state index in [1.54, 1.807) is 19.1 Å². The predicted octanol–water partition coefficient (Wildman–Crippen LogP) is 4.90. The van der Waals surface area contributed by atoms with Gasteiger partial charge >= 0.3 is 0 Å². The smallest absolute Gasteiger partial charge is 0.192 e. The molecule has 1 atom stereocenters. The number of carbonyl (C=O) groups is 2. The van der Waals surface area contributed by atoms with Crippen molar-refractivity contribution < 1.29 is 19.1 Å². The first-order valence-corrected chi connectivity index (χ1v) is 9.94. The van der Waals surface area contributed by atoms with Gasteiger partial charge in [0.15, 0.2) is 11.6 Å². The Balaban J connectivity index is 0.00000117. The molecule has 0 aromatic heterocycles. The molecular formula is C22H32O4. The number of ketones is 2. The van der Waals surface area contributed by atoms with Gasteiger partial charge in [-0.3, -0.25) is 9.59 Å². The van der Waals surface area contributed by atoms with Crippen molar-refractivity contribution in [2.24, 2.45) is 11.8 Å². The highest BCUT2D eigenvalue weighted by Gasteiger charge is 2.35. The molecule has 0 spiro atoms. The van der Waals surface area contributed by atoms with Crippen LogP contribution in [0.5, 0.6) is 0 Å². The summed E-state index contributed by atoms with van der Waals surface area (Å²) in [6, 6.07) is 7.34. The van der Waals surface area contributed by atoms with E-state index in [9.17, 15) is 9.59 Å². The molecule has 0 bridgehead atoms. The Morgan fingerprint density at radius 2 is 1.54 bits per heavy atom. The topological polar surface area (TPSA) is 52.6 Å². The largest absolute Gasteiger partial charge is 0.344 e. The van der Waals surface area contributed by atoms with E-state index in [1.807, 2.05) is 32.9 Å². The molecule has 1 aliphatic heterocycles. The van der Waals surface area contributed by atoms with Gasteiger partial charge in [0.1, 0.15) is 5.78 Å². The fraction of sp³-hybridized carbons (Fsp3) is 0.636. The number of Topliss-reactive ketones (excluding diaryl/α,β-unsaturated/α-hetero) is 2. The minimum absolute atomic E-state index is 0.00889. The summed E-state index contributed by atoms with van der Waals surface area (Å²) in [6.45, 7) is 8.58. The SMILES string of the molecule is CC.CC(=O)C(C(=O)c1ccc(C2(C)OCCO2)cc1)C1CCCCC1. The van der Waals surface area contributed by atoms with Crippen LogP contribution >= 0.6 is 0 Å². The maximum Gasteiger partial charge on any atom is 0.192 e. The monoisotopic (exact) mass is 360 g/mol. The normalized spacial score (nSPS) is 20.8. The lowest BCUT2D eigenvalue weighted by atomic mass is 9.75.